The fraction of sp³-hybridized carbons (Fsp3) is 0.857. The van der Waals surface area contributed by atoms with E-state index >= 15 is 0 Å². The predicted molar refractivity (Wildman–Crippen MR) is 69.7 cm³/mol. The van der Waals surface area contributed by atoms with E-state index in [2.05, 4.69) is 5.32 Å². The lowest BCUT2D eigenvalue weighted by Crippen LogP contribution is -2.48. The second-order valence-corrected chi connectivity index (χ2v) is 6.32. The van der Waals surface area contributed by atoms with Crippen LogP contribution in [0.15, 0.2) is 0 Å². The molecule has 1 aliphatic heterocycles. The van der Waals surface area contributed by atoms with Gasteiger partial charge in [-0.05, 0) is 43.9 Å². The fourth-order valence-corrected chi connectivity index (χ4v) is 4.18. The summed E-state index contributed by atoms with van der Waals surface area (Å²) < 4.78 is 0. The highest BCUT2D eigenvalue weighted by atomic mass is 16.4. The maximum absolute atomic E-state index is 12.3. The van der Waals surface area contributed by atoms with Crippen LogP contribution in [0.1, 0.15) is 44.9 Å². The van der Waals surface area contributed by atoms with Gasteiger partial charge in [0.05, 0.1) is 6.42 Å². The number of hydrogen-bond acceptors (Lipinski definition) is 2. The number of rotatable bonds is 3. The first-order valence-electron chi connectivity index (χ1n) is 7.42. The van der Waals surface area contributed by atoms with Crippen LogP contribution in [-0.2, 0) is 4.79 Å². The van der Waals surface area contributed by atoms with E-state index < -0.39 is 5.97 Å². The molecule has 0 aromatic heterocycles. The van der Waals surface area contributed by atoms with Crippen molar-refractivity contribution in [1.29, 1.82) is 0 Å². The first-order chi connectivity index (χ1) is 9.13. The van der Waals surface area contributed by atoms with Crippen LogP contribution < -0.4 is 5.32 Å². The van der Waals surface area contributed by atoms with Crippen LogP contribution in [0.3, 0.4) is 0 Å². The minimum absolute atomic E-state index is 0.0405. The first-order valence-corrected chi connectivity index (χ1v) is 7.42. The van der Waals surface area contributed by atoms with Crippen LogP contribution in [0, 0.1) is 11.8 Å². The third-order valence-electron chi connectivity index (χ3n) is 5.10. The van der Waals surface area contributed by atoms with Gasteiger partial charge in [-0.15, -0.1) is 0 Å². The number of likely N-dealkylation sites (tertiary alicyclic amines) is 1. The van der Waals surface area contributed by atoms with Gasteiger partial charge in [0.2, 0.25) is 0 Å². The van der Waals surface area contributed by atoms with E-state index in [1.54, 1.807) is 4.90 Å². The van der Waals surface area contributed by atoms with Crippen molar-refractivity contribution in [2.24, 2.45) is 11.8 Å². The molecule has 1 heterocycles. The molecule has 3 aliphatic rings. The molecular formula is C14H22N2O3. The van der Waals surface area contributed by atoms with Crippen molar-refractivity contribution in [3.05, 3.63) is 0 Å². The van der Waals surface area contributed by atoms with Crippen LogP contribution >= 0.6 is 0 Å². The number of nitrogens with zero attached hydrogens (tertiary/aromatic N) is 1. The fourth-order valence-electron chi connectivity index (χ4n) is 4.18. The van der Waals surface area contributed by atoms with Crippen LogP contribution in [-0.4, -0.2) is 40.6 Å². The van der Waals surface area contributed by atoms with Gasteiger partial charge in [-0.2, -0.15) is 0 Å². The summed E-state index contributed by atoms with van der Waals surface area (Å²) in [6, 6.07) is 0.176. The lowest BCUT2D eigenvalue weighted by Gasteiger charge is -2.29. The van der Waals surface area contributed by atoms with Crippen molar-refractivity contribution in [2.45, 2.75) is 57.0 Å². The number of carbonyl (C=O) groups excluding carboxylic acids is 1. The highest BCUT2D eigenvalue weighted by Gasteiger charge is 2.41. The van der Waals surface area contributed by atoms with E-state index in [0.29, 0.717) is 18.5 Å². The van der Waals surface area contributed by atoms with Gasteiger partial charge < -0.3 is 15.3 Å². The Morgan fingerprint density at radius 3 is 2.68 bits per heavy atom. The van der Waals surface area contributed by atoms with Gasteiger partial charge in [-0.3, -0.25) is 4.79 Å². The van der Waals surface area contributed by atoms with E-state index in [1.165, 1.54) is 19.3 Å². The SMILES string of the molecule is O=C(O)CC1CCCN1C(=O)NC1CC2CCC1C2. The maximum atomic E-state index is 12.3. The van der Waals surface area contributed by atoms with E-state index in [0.717, 1.165) is 25.2 Å². The number of aliphatic carboxylic acids is 1. The van der Waals surface area contributed by atoms with Gasteiger partial charge >= 0.3 is 12.0 Å². The molecule has 2 saturated carbocycles. The highest BCUT2D eigenvalue weighted by Crippen LogP contribution is 2.44. The number of hydrogen-bond donors (Lipinski definition) is 2. The molecule has 3 rings (SSSR count). The van der Waals surface area contributed by atoms with Crippen LogP contribution in [0.5, 0.6) is 0 Å². The second kappa shape index (κ2) is 5.02. The third-order valence-corrected chi connectivity index (χ3v) is 5.10. The lowest BCUT2D eigenvalue weighted by atomic mass is 9.95. The molecule has 2 N–H and O–H groups in total. The Bertz CT molecular complexity index is 385. The van der Waals surface area contributed by atoms with E-state index in [1.807, 2.05) is 0 Å². The maximum Gasteiger partial charge on any atom is 0.317 e. The molecule has 0 aromatic carbocycles. The minimum Gasteiger partial charge on any atom is -0.481 e. The summed E-state index contributed by atoms with van der Waals surface area (Å²) in [5.74, 6) is 0.655. The van der Waals surface area contributed by atoms with Gasteiger partial charge in [-0.1, -0.05) is 6.42 Å². The van der Waals surface area contributed by atoms with E-state index in [-0.39, 0.29) is 18.5 Å². The lowest BCUT2D eigenvalue weighted by molar-refractivity contribution is -0.137. The Morgan fingerprint density at radius 2 is 2.05 bits per heavy atom. The summed E-state index contributed by atoms with van der Waals surface area (Å²) in [6.07, 6.45) is 6.76. The Morgan fingerprint density at radius 1 is 1.21 bits per heavy atom. The standard InChI is InChI=1S/C14H22N2O3/c17-13(18)8-11-2-1-5-16(11)14(19)15-12-7-9-3-4-10(12)6-9/h9-12H,1-8H2,(H,15,19)(H,17,18). The van der Waals surface area contributed by atoms with Crippen LogP contribution in [0.4, 0.5) is 4.79 Å². The van der Waals surface area contributed by atoms with E-state index in [9.17, 15) is 9.59 Å². The third kappa shape index (κ3) is 2.55. The molecule has 3 fully saturated rings. The van der Waals surface area contributed by atoms with Crippen molar-refractivity contribution in [1.82, 2.24) is 10.2 Å². The number of carbonyl (C=O) groups is 2. The zero-order chi connectivity index (χ0) is 13.4. The van der Waals surface area contributed by atoms with Crippen molar-refractivity contribution in [3.63, 3.8) is 0 Å². The van der Waals surface area contributed by atoms with Crippen molar-refractivity contribution in [3.8, 4) is 0 Å². The Kier molecular flexibility index (Phi) is 3.37. The Labute approximate surface area is 113 Å². The molecule has 0 spiro atoms. The summed E-state index contributed by atoms with van der Waals surface area (Å²) in [6.45, 7) is 0.699. The number of carboxylic acids is 1. The van der Waals surface area contributed by atoms with Gasteiger partial charge in [0.25, 0.3) is 0 Å². The summed E-state index contributed by atoms with van der Waals surface area (Å²) >= 11 is 0. The number of urea groups is 1. The topological polar surface area (TPSA) is 69.6 Å². The molecule has 2 aliphatic carbocycles. The quantitative estimate of drug-likeness (QED) is 0.818. The molecule has 0 aromatic rings. The summed E-state index contributed by atoms with van der Waals surface area (Å²) in [4.78, 5) is 24.8. The number of nitrogens with one attached hydrogen (secondary N) is 1. The van der Waals surface area contributed by atoms with Gasteiger partial charge in [0, 0.05) is 18.6 Å². The molecule has 2 amide bonds. The van der Waals surface area contributed by atoms with Crippen LogP contribution in [0.2, 0.25) is 0 Å². The highest BCUT2D eigenvalue weighted by molar-refractivity contribution is 5.76. The molecule has 5 nitrogen and oxygen atoms in total. The van der Waals surface area contributed by atoms with Crippen molar-refractivity contribution in [2.75, 3.05) is 6.54 Å². The summed E-state index contributed by atoms with van der Waals surface area (Å²) in [7, 11) is 0. The molecule has 106 valence electrons. The van der Waals surface area contributed by atoms with Crippen molar-refractivity contribution < 1.29 is 14.7 Å². The van der Waals surface area contributed by atoms with Gasteiger partial charge in [-0.25, -0.2) is 4.79 Å². The van der Waals surface area contributed by atoms with E-state index in [4.69, 9.17) is 5.11 Å². The average Bonchev–Trinajstić information content (AvgIpc) is 3.03. The number of carboxylic acid groups (broad SMARTS) is 1. The summed E-state index contributed by atoms with van der Waals surface area (Å²) in [5, 5.41) is 12.0. The predicted octanol–water partition coefficient (Wildman–Crippen LogP) is 1.82. The Balaban J connectivity index is 1.56. The molecule has 2 bridgehead atoms. The summed E-state index contributed by atoms with van der Waals surface area (Å²) in [5.41, 5.74) is 0. The Hall–Kier alpha value is -1.26. The number of amides is 2. The second-order valence-electron chi connectivity index (χ2n) is 6.32. The molecule has 1 saturated heterocycles. The monoisotopic (exact) mass is 266 g/mol. The molecule has 4 unspecified atom stereocenters. The minimum atomic E-state index is -0.815. The zero-order valence-electron chi connectivity index (χ0n) is 11.2. The normalized spacial score (nSPS) is 36.7. The number of fused-ring (bicyclic) bond motifs is 2. The largest absolute Gasteiger partial charge is 0.481 e. The van der Waals surface area contributed by atoms with Gasteiger partial charge in [0.1, 0.15) is 0 Å². The van der Waals surface area contributed by atoms with Crippen molar-refractivity contribution >= 4 is 12.0 Å². The first kappa shape index (κ1) is 12.8. The molecule has 4 atom stereocenters. The van der Waals surface area contributed by atoms with Gasteiger partial charge in [0.15, 0.2) is 0 Å². The zero-order valence-corrected chi connectivity index (χ0v) is 11.2. The smallest absolute Gasteiger partial charge is 0.317 e. The molecule has 0 radical (unpaired) electrons. The molecule has 19 heavy (non-hydrogen) atoms. The molecule has 5 heteroatoms. The van der Waals surface area contributed by atoms with Crippen LogP contribution in [0.25, 0.3) is 0 Å². The molecular weight excluding hydrogens is 244 g/mol. The average molecular weight is 266 g/mol.